The summed E-state index contributed by atoms with van der Waals surface area (Å²) >= 11 is 0. The molecule has 1 aromatic rings. The van der Waals surface area contributed by atoms with Crippen molar-refractivity contribution >= 4 is 5.69 Å². The molecule has 2 atom stereocenters. The van der Waals surface area contributed by atoms with Crippen molar-refractivity contribution in [3.05, 3.63) is 29.8 Å². The molecule has 0 bridgehead atoms. The largest absolute Gasteiger partial charge is 0.369 e. The molecule has 84 valence electrons. The molecule has 1 saturated heterocycles. The summed E-state index contributed by atoms with van der Waals surface area (Å²) in [6, 6.07) is 10.7. The minimum absolute atomic E-state index is 0.338. The lowest BCUT2D eigenvalue weighted by Gasteiger charge is -2.38. The third-order valence-electron chi connectivity index (χ3n) is 3.24. The summed E-state index contributed by atoms with van der Waals surface area (Å²) in [7, 11) is 0. The van der Waals surface area contributed by atoms with Gasteiger partial charge in [-0.25, -0.2) is 0 Å². The Morgan fingerprint density at radius 2 is 2.06 bits per heavy atom. The third-order valence-corrected chi connectivity index (χ3v) is 3.24. The van der Waals surface area contributed by atoms with Crippen molar-refractivity contribution in [1.29, 1.82) is 5.26 Å². The van der Waals surface area contributed by atoms with Crippen LogP contribution in [0.15, 0.2) is 24.3 Å². The molecule has 0 saturated carbocycles. The van der Waals surface area contributed by atoms with Gasteiger partial charge in [-0.1, -0.05) is 0 Å². The van der Waals surface area contributed by atoms with E-state index in [2.05, 4.69) is 17.9 Å². The predicted molar refractivity (Wildman–Crippen MR) is 65.2 cm³/mol. The summed E-state index contributed by atoms with van der Waals surface area (Å²) in [5.74, 6) is 0. The molecule has 1 aliphatic rings. The zero-order valence-corrected chi connectivity index (χ0v) is 9.56. The van der Waals surface area contributed by atoms with Crippen LogP contribution in [0.1, 0.15) is 25.3 Å². The molecule has 1 heterocycles. The Labute approximate surface area is 96.5 Å². The summed E-state index contributed by atoms with van der Waals surface area (Å²) in [5.41, 5.74) is 7.85. The fourth-order valence-corrected chi connectivity index (χ4v) is 2.32. The van der Waals surface area contributed by atoms with Crippen LogP contribution in [0.2, 0.25) is 0 Å². The fourth-order valence-electron chi connectivity index (χ4n) is 2.32. The van der Waals surface area contributed by atoms with Crippen LogP contribution in [0.5, 0.6) is 0 Å². The Hall–Kier alpha value is -1.53. The van der Waals surface area contributed by atoms with Gasteiger partial charge in [-0.05, 0) is 44.0 Å². The molecule has 1 aliphatic heterocycles. The number of benzene rings is 1. The zero-order chi connectivity index (χ0) is 11.5. The van der Waals surface area contributed by atoms with E-state index >= 15 is 0 Å². The molecule has 2 N–H and O–H groups in total. The molecule has 2 rings (SSSR count). The molecule has 1 fully saturated rings. The summed E-state index contributed by atoms with van der Waals surface area (Å²) in [6.07, 6.45) is 2.09. The summed E-state index contributed by atoms with van der Waals surface area (Å²) in [6.45, 7) is 3.21. The first kappa shape index (κ1) is 11.0. The molecule has 0 aromatic heterocycles. The van der Waals surface area contributed by atoms with Gasteiger partial charge in [0.05, 0.1) is 11.6 Å². The first-order chi connectivity index (χ1) is 7.70. The van der Waals surface area contributed by atoms with Crippen LogP contribution in [-0.4, -0.2) is 18.6 Å². The molecule has 0 spiro atoms. The second kappa shape index (κ2) is 4.54. The van der Waals surface area contributed by atoms with Crippen LogP contribution in [0, 0.1) is 11.3 Å². The Morgan fingerprint density at radius 3 is 2.62 bits per heavy atom. The zero-order valence-electron chi connectivity index (χ0n) is 9.56. The molecular formula is C13H17N3. The van der Waals surface area contributed by atoms with E-state index < -0.39 is 0 Å². The van der Waals surface area contributed by atoms with Crippen LogP contribution in [0.4, 0.5) is 5.69 Å². The van der Waals surface area contributed by atoms with Crippen LogP contribution in [-0.2, 0) is 0 Å². The highest BCUT2D eigenvalue weighted by molar-refractivity contribution is 5.50. The van der Waals surface area contributed by atoms with Crippen molar-refractivity contribution < 1.29 is 0 Å². The van der Waals surface area contributed by atoms with Gasteiger partial charge in [-0.2, -0.15) is 5.26 Å². The fraction of sp³-hybridized carbons (Fsp3) is 0.462. The Morgan fingerprint density at radius 1 is 1.38 bits per heavy atom. The minimum atomic E-state index is 0.338. The van der Waals surface area contributed by atoms with Gasteiger partial charge >= 0.3 is 0 Å². The van der Waals surface area contributed by atoms with Crippen LogP contribution < -0.4 is 10.6 Å². The molecule has 16 heavy (non-hydrogen) atoms. The van der Waals surface area contributed by atoms with E-state index in [9.17, 15) is 0 Å². The van der Waals surface area contributed by atoms with Crippen LogP contribution in [0.25, 0.3) is 0 Å². The number of rotatable bonds is 1. The van der Waals surface area contributed by atoms with Gasteiger partial charge in [0, 0.05) is 24.3 Å². The van der Waals surface area contributed by atoms with E-state index in [4.69, 9.17) is 11.0 Å². The van der Waals surface area contributed by atoms with Crippen molar-refractivity contribution in [3.8, 4) is 6.07 Å². The monoisotopic (exact) mass is 215 g/mol. The van der Waals surface area contributed by atoms with E-state index in [1.807, 2.05) is 24.3 Å². The predicted octanol–water partition coefficient (Wildman–Crippen LogP) is 1.87. The second-order valence-electron chi connectivity index (χ2n) is 4.49. The molecule has 0 amide bonds. The Kier molecular flexibility index (Phi) is 3.12. The highest BCUT2D eigenvalue weighted by Crippen LogP contribution is 2.24. The van der Waals surface area contributed by atoms with E-state index in [1.54, 1.807) is 0 Å². The number of nitrogens with zero attached hydrogens (tertiary/aromatic N) is 2. The molecule has 1 aromatic carbocycles. The second-order valence-corrected chi connectivity index (χ2v) is 4.49. The van der Waals surface area contributed by atoms with Crippen LogP contribution >= 0.6 is 0 Å². The third kappa shape index (κ3) is 2.17. The van der Waals surface area contributed by atoms with E-state index in [1.165, 1.54) is 5.69 Å². The van der Waals surface area contributed by atoms with E-state index in [-0.39, 0.29) is 0 Å². The topological polar surface area (TPSA) is 53.0 Å². The number of hydrogen-bond donors (Lipinski definition) is 1. The van der Waals surface area contributed by atoms with Gasteiger partial charge in [-0.3, -0.25) is 0 Å². The van der Waals surface area contributed by atoms with Gasteiger partial charge < -0.3 is 10.6 Å². The first-order valence-corrected chi connectivity index (χ1v) is 5.73. The van der Waals surface area contributed by atoms with Gasteiger partial charge in [-0.15, -0.1) is 0 Å². The SMILES string of the molecule is CC1CC(N)CCN1c1ccc(C#N)cc1. The lowest BCUT2D eigenvalue weighted by Crippen LogP contribution is -2.45. The standard InChI is InChI=1S/C13H17N3/c1-10-8-12(15)6-7-16(10)13-4-2-11(9-14)3-5-13/h2-5,10,12H,6-8,15H2,1H3. The number of nitrogens with two attached hydrogens (primary N) is 1. The quantitative estimate of drug-likeness (QED) is 0.778. The highest BCUT2D eigenvalue weighted by atomic mass is 15.2. The van der Waals surface area contributed by atoms with Crippen molar-refractivity contribution in [3.63, 3.8) is 0 Å². The maximum absolute atomic E-state index is 8.75. The van der Waals surface area contributed by atoms with E-state index in [0.29, 0.717) is 17.6 Å². The lowest BCUT2D eigenvalue weighted by molar-refractivity contribution is 0.430. The summed E-state index contributed by atoms with van der Waals surface area (Å²) < 4.78 is 0. The Balaban J connectivity index is 2.14. The average molecular weight is 215 g/mol. The van der Waals surface area contributed by atoms with E-state index in [0.717, 1.165) is 19.4 Å². The minimum Gasteiger partial charge on any atom is -0.369 e. The number of piperidine rings is 1. The molecule has 0 radical (unpaired) electrons. The van der Waals surface area contributed by atoms with Crippen molar-refractivity contribution in [2.24, 2.45) is 5.73 Å². The van der Waals surface area contributed by atoms with Gasteiger partial charge in [0.1, 0.15) is 0 Å². The van der Waals surface area contributed by atoms with Gasteiger partial charge in [0.2, 0.25) is 0 Å². The maximum Gasteiger partial charge on any atom is 0.0991 e. The highest BCUT2D eigenvalue weighted by Gasteiger charge is 2.22. The van der Waals surface area contributed by atoms with Crippen molar-refractivity contribution in [1.82, 2.24) is 0 Å². The Bertz CT molecular complexity index is 391. The molecule has 3 heteroatoms. The smallest absolute Gasteiger partial charge is 0.0991 e. The molecule has 0 aliphatic carbocycles. The lowest BCUT2D eigenvalue weighted by atomic mass is 9.98. The summed E-state index contributed by atoms with van der Waals surface area (Å²) in [5, 5.41) is 8.75. The van der Waals surface area contributed by atoms with Gasteiger partial charge in [0.15, 0.2) is 0 Å². The number of hydrogen-bond acceptors (Lipinski definition) is 3. The number of anilines is 1. The maximum atomic E-state index is 8.75. The van der Waals surface area contributed by atoms with Crippen molar-refractivity contribution in [2.45, 2.75) is 31.8 Å². The average Bonchev–Trinajstić information content (AvgIpc) is 2.29. The van der Waals surface area contributed by atoms with Crippen molar-refractivity contribution in [2.75, 3.05) is 11.4 Å². The molecule has 2 unspecified atom stereocenters. The van der Waals surface area contributed by atoms with Gasteiger partial charge in [0.25, 0.3) is 0 Å². The number of nitriles is 1. The normalized spacial score (nSPS) is 25.2. The first-order valence-electron chi connectivity index (χ1n) is 5.73. The molecule has 3 nitrogen and oxygen atoms in total. The van der Waals surface area contributed by atoms with Crippen LogP contribution in [0.3, 0.4) is 0 Å². The summed E-state index contributed by atoms with van der Waals surface area (Å²) in [4.78, 5) is 2.37. The molecular weight excluding hydrogens is 198 g/mol.